The van der Waals surface area contributed by atoms with Gasteiger partial charge in [-0.05, 0) is 51.7 Å². The van der Waals surface area contributed by atoms with Crippen LogP contribution in [0, 0.1) is 0 Å². The molecule has 14 nitrogen and oxygen atoms in total. The van der Waals surface area contributed by atoms with Gasteiger partial charge in [0.25, 0.3) is 0 Å². The van der Waals surface area contributed by atoms with Gasteiger partial charge < -0.3 is 39.5 Å². The lowest BCUT2D eigenvalue weighted by atomic mass is 10.2. The number of nitrogens with one attached hydrogen (secondary N) is 3. The average Bonchev–Trinajstić information content (AvgIpc) is 3.58. The largest absolute Gasteiger partial charge is 0.494 e. The average molecular weight is 657 g/mol. The van der Waals surface area contributed by atoms with Gasteiger partial charge >= 0.3 is 0 Å². The van der Waals surface area contributed by atoms with Gasteiger partial charge in [-0.25, -0.2) is 9.97 Å². The number of methoxy groups -OCH3 is 1. The number of nitrogens with zero attached hydrogens (tertiary/aromatic N) is 7. The van der Waals surface area contributed by atoms with Gasteiger partial charge in [-0.3, -0.25) is 14.8 Å². The maximum absolute atomic E-state index is 13.6. The molecular formula is C32H37N10O4P. The number of benzene rings is 2. The molecule has 15 heteroatoms. The Hall–Kier alpha value is -5.33. The topological polar surface area (TPSA) is 164 Å². The van der Waals surface area contributed by atoms with Crippen molar-refractivity contribution >= 4 is 63.9 Å². The summed E-state index contributed by atoms with van der Waals surface area (Å²) in [5.41, 5.74) is 3.96. The van der Waals surface area contributed by atoms with Gasteiger partial charge in [0.15, 0.2) is 0 Å². The van der Waals surface area contributed by atoms with Gasteiger partial charge in [0.1, 0.15) is 30.5 Å². The standard InChI is InChI=1S/C32H37N10O4P/c1-8-27(43)37-23-17-24(26(45-5)18-25(23)42(4)15-14-41(2)3)39-32-36-19-20(31-35-13-16-46-31)30(40-32)38-22-10-9-21-28(34-12-11-33-21)29(22)47(6,7)44/h8-13,16-19H,1,14-15H2,2-7H3,(H,37,43)(H2,36,38,39,40). The molecule has 3 heterocycles. The van der Waals surface area contributed by atoms with E-state index < -0.39 is 7.14 Å². The Morgan fingerprint density at radius 2 is 1.79 bits per heavy atom. The molecule has 0 radical (unpaired) electrons. The molecule has 0 aliphatic heterocycles. The van der Waals surface area contributed by atoms with Crippen molar-refractivity contribution in [2.24, 2.45) is 0 Å². The van der Waals surface area contributed by atoms with Crippen LogP contribution in [0.2, 0.25) is 0 Å². The zero-order valence-corrected chi connectivity index (χ0v) is 28.0. The second-order valence-corrected chi connectivity index (χ2v) is 14.4. The lowest BCUT2D eigenvalue weighted by Gasteiger charge is -2.26. The minimum atomic E-state index is -2.86. The molecule has 2 aromatic carbocycles. The molecule has 0 atom stereocenters. The highest BCUT2D eigenvalue weighted by atomic mass is 31.2. The zero-order chi connectivity index (χ0) is 33.7. The second-order valence-electron chi connectivity index (χ2n) is 11.3. The van der Waals surface area contributed by atoms with Crippen molar-refractivity contribution in [3.8, 4) is 17.2 Å². The van der Waals surface area contributed by atoms with E-state index in [1.165, 1.54) is 18.5 Å². The summed E-state index contributed by atoms with van der Waals surface area (Å²) in [7, 11) is 4.63. The highest BCUT2D eigenvalue weighted by molar-refractivity contribution is 7.71. The SMILES string of the molecule is C=CC(=O)Nc1cc(Nc2ncc(-c3ncco3)c(Nc3ccc4nccnc4c3P(C)(C)=O)n2)c(OC)cc1N(C)CCN(C)C. The molecule has 0 spiro atoms. The van der Waals surface area contributed by atoms with Crippen LogP contribution in [0.4, 0.5) is 34.5 Å². The van der Waals surface area contributed by atoms with Crippen LogP contribution in [0.25, 0.3) is 22.5 Å². The van der Waals surface area contributed by atoms with Gasteiger partial charge in [-0.2, -0.15) is 4.98 Å². The van der Waals surface area contributed by atoms with Crippen LogP contribution in [0.3, 0.4) is 0 Å². The Labute approximate surface area is 272 Å². The molecule has 0 fully saturated rings. The van der Waals surface area contributed by atoms with E-state index in [4.69, 9.17) is 14.1 Å². The Bertz CT molecular complexity index is 1960. The number of hydrogen-bond acceptors (Lipinski definition) is 13. The van der Waals surface area contributed by atoms with Crippen molar-refractivity contribution in [2.75, 3.05) is 75.5 Å². The Morgan fingerprint density at radius 3 is 2.47 bits per heavy atom. The van der Waals surface area contributed by atoms with Crippen LogP contribution in [-0.2, 0) is 9.36 Å². The van der Waals surface area contributed by atoms with E-state index in [1.54, 1.807) is 57.2 Å². The molecule has 0 aliphatic carbocycles. The monoisotopic (exact) mass is 656 g/mol. The van der Waals surface area contributed by atoms with Crippen LogP contribution in [0.1, 0.15) is 0 Å². The normalized spacial score (nSPS) is 11.4. The summed E-state index contributed by atoms with van der Waals surface area (Å²) in [6.07, 6.45) is 8.92. The van der Waals surface area contributed by atoms with Crippen LogP contribution >= 0.6 is 7.14 Å². The van der Waals surface area contributed by atoms with E-state index in [2.05, 4.69) is 47.4 Å². The van der Waals surface area contributed by atoms with E-state index in [-0.39, 0.29) is 17.7 Å². The number of rotatable bonds is 13. The zero-order valence-electron chi connectivity index (χ0n) is 27.1. The first kappa shape index (κ1) is 33.0. The van der Waals surface area contributed by atoms with Crippen LogP contribution in [0.5, 0.6) is 5.75 Å². The van der Waals surface area contributed by atoms with Gasteiger partial charge in [-0.1, -0.05) is 6.58 Å². The smallest absolute Gasteiger partial charge is 0.247 e. The summed E-state index contributed by atoms with van der Waals surface area (Å²) < 4.78 is 24.9. The Kier molecular flexibility index (Phi) is 9.83. The quantitative estimate of drug-likeness (QED) is 0.115. The van der Waals surface area contributed by atoms with Gasteiger partial charge in [0, 0.05) is 44.8 Å². The van der Waals surface area contributed by atoms with Crippen molar-refractivity contribution in [3.63, 3.8) is 0 Å². The number of carbonyl (C=O) groups is 1. The molecule has 0 aliphatic rings. The van der Waals surface area contributed by atoms with Crippen LogP contribution in [0.15, 0.2) is 72.4 Å². The molecule has 47 heavy (non-hydrogen) atoms. The van der Waals surface area contributed by atoms with Gasteiger partial charge in [-0.15, -0.1) is 0 Å². The summed E-state index contributed by atoms with van der Waals surface area (Å²) in [5.74, 6) is 0.962. The Balaban J connectivity index is 1.58. The lowest BCUT2D eigenvalue weighted by molar-refractivity contribution is -0.111. The third kappa shape index (κ3) is 7.56. The number of amides is 1. The summed E-state index contributed by atoms with van der Waals surface area (Å²) in [5, 5.41) is 9.99. The van der Waals surface area contributed by atoms with E-state index in [0.717, 1.165) is 12.2 Å². The summed E-state index contributed by atoms with van der Waals surface area (Å²) in [6.45, 7) is 8.45. The summed E-state index contributed by atoms with van der Waals surface area (Å²) in [4.78, 5) is 39.0. The highest BCUT2D eigenvalue weighted by Crippen LogP contribution is 2.42. The first-order chi connectivity index (χ1) is 22.5. The number of ether oxygens (including phenoxy) is 1. The van der Waals surface area contributed by atoms with Crippen molar-refractivity contribution in [3.05, 3.63) is 68.0 Å². The van der Waals surface area contributed by atoms with Crippen molar-refractivity contribution < 1.29 is 18.5 Å². The number of hydrogen-bond donors (Lipinski definition) is 3. The molecule has 3 N–H and O–H groups in total. The molecule has 0 unspecified atom stereocenters. The first-order valence-corrected chi connectivity index (χ1v) is 17.2. The molecule has 3 aromatic heterocycles. The number of likely N-dealkylation sites (N-methyl/N-ethyl adjacent to an activating group) is 2. The summed E-state index contributed by atoms with van der Waals surface area (Å²) >= 11 is 0. The molecule has 244 valence electrons. The van der Waals surface area contributed by atoms with Crippen molar-refractivity contribution in [1.29, 1.82) is 0 Å². The van der Waals surface area contributed by atoms with E-state index in [0.29, 0.717) is 57.1 Å². The summed E-state index contributed by atoms with van der Waals surface area (Å²) in [6, 6.07) is 7.18. The fraction of sp³-hybridized carbons (Fsp3) is 0.250. The number of carbonyl (C=O) groups excluding carboxylic acids is 1. The molecule has 0 saturated heterocycles. The third-order valence-corrected chi connectivity index (χ3v) is 8.69. The van der Waals surface area contributed by atoms with E-state index in [9.17, 15) is 9.36 Å². The number of oxazole rings is 1. The Morgan fingerprint density at radius 1 is 1.00 bits per heavy atom. The lowest BCUT2D eigenvalue weighted by Crippen LogP contribution is -2.29. The predicted molar refractivity (Wildman–Crippen MR) is 186 cm³/mol. The number of aromatic nitrogens is 5. The van der Waals surface area contributed by atoms with Crippen LogP contribution < -0.4 is 30.9 Å². The van der Waals surface area contributed by atoms with Crippen molar-refractivity contribution in [1.82, 2.24) is 29.8 Å². The van der Waals surface area contributed by atoms with Crippen LogP contribution in [-0.4, -0.2) is 90.4 Å². The van der Waals surface area contributed by atoms with E-state index in [1.807, 2.05) is 32.1 Å². The molecule has 5 rings (SSSR count). The van der Waals surface area contributed by atoms with E-state index >= 15 is 0 Å². The fourth-order valence-electron chi connectivity index (χ4n) is 4.87. The van der Waals surface area contributed by atoms with Gasteiger partial charge in [0.05, 0.1) is 52.4 Å². The maximum Gasteiger partial charge on any atom is 0.247 e. The third-order valence-electron chi connectivity index (χ3n) is 7.16. The fourth-order valence-corrected chi connectivity index (χ4v) is 6.27. The molecule has 1 amide bonds. The second kappa shape index (κ2) is 14.0. The minimum absolute atomic E-state index is 0.203. The first-order valence-electron chi connectivity index (χ1n) is 14.6. The minimum Gasteiger partial charge on any atom is -0.494 e. The maximum atomic E-state index is 13.6. The van der Waals surface area contributed by atoms with Crippen molar-refractivity contribution in [2.45, 2.75) is 0 Å². The van der Waals surface area contributed by atoms with Gasteiger partial charge in [0.2, 0.25) is 17.7 Å². The number of anilines is 6. The molecular weight excluding hydrogens is 619 g/mol. The number of fused-ring (bicyclic) bond motifs is 1. The molecule has 0 saturated carbocycles. The molecule has 5 aromatic rings. The predicted octanol–water partition coefficient (Wildman–Crippen LogP) is 4.94. The highest BCUT2D eigenvalue weighted by Gasteiger charge is 2.24. The molecule has 0 bridgehead atoms.